The van der Waals surface area contributed by atoms with Gasteiger partial charge in [0.1, 0.15) is 11.3 Å². The highest BCUT2D eigenvalue weighted by atomic mass is 35.5. The molecule has 1 aromatic carbocycles. The fourth-order valence-electron chi connectivity index (χ4n) is 5.41. The number of aromatic amines is 1. The molecule has 2 atom stereocenters. The lowest BCUT2D eigenvalue weighted by atomic mass is 9.89. The molecule has 2 unspecified atom stereocenters. The van der Waals surface area contributed by atoms with E-state index in [-0.39, 0.29) is 23.6 Å². The standard InChI is InChI=1S/C26H29ClFN5O/c1-14-19-10-29-26-25(19)32-21(11-30-26)23-15(2)31-18(8-9-34)6-4-17(23)13-33(3)12-16-5-7-20(28)24(27)22(14)16/h5,7,10-11,14,18,34H,4,6,8-9,12-13H2,1-3H3,(H,29,30). The number of likely N-dealkylation sites (N-methyl/N-ethyl adjacent to an activating group) is 1. The molecule has 2 aromatic heterocycles. The minimum atomic E-state index is -0.413. The highest BCUT2D eigenvalue weighted by molar-refractivity contribution is 6.31. The number of hydrogen-bond donors (Lipinski definition) is 2. The number of benzene rings is 1. The molecule has 2 aliphatic heterocycles. The predicted molar refractivity (Wildman–Crippen MR) is 134 cm³/mol. The Morgan fingerprint density at radius 2 is 2.12 bits per heavy atom. The molecule has 178 valence electrons. The molecule has 0 amide bonds. The van der Waals surface area contributed by atoms with Crippen LogP contribution >= 0.6 is 11.6 Å². The van der Waals surface area contributed by atoms with Crippen molar-refractivity contribution in [2.24, 2.45) is 4.99 Å². The molecule has 6 nitrogen and oxygen atoms in total. The van der Waals surface area contributed by atoms with Gasteiger partial charge in [-0.15, -0.1) is 0 Å². The maximum absolute atomic E-state index is 14.6. The van der Waals surface area contributed by atoms with E-state index in [1.165, 1.54) is 11.6 Å². The predicted octanol–water partition coefficient (Wildman–Crippen LogP) is 5.11. The second-order valence-electron chi connectivity index (χ2n) is 9.42. The highest BCUT2D eigenvalue weighted by Crippen LogP contribution is 2.38. The van der Waals surface area contributed by atoms with Crippen LogP contribution in [-0.2, 0) is 6.54 Å². The van der Waals surface area contributed by atoms with Crippen LogP contribution in [0.5, 0.6) is 0 Å². The van der Waals surface area contributed by atoms with Crippen LogP contribution in [0.3, 0.4) is 0 Å². The second kappa shape index (κ2) is 9.21. The Kier molecular flexibility index (Phi) is 6.27. The quantitative estimate of drug-likeness (QED) is 0.533. The number of aliphatic hydroxyl groups is 1. The molecule has 34 heavy (non-hydrogen) atoms. The van der Waals surface area contributed by atoms with Crippen LogP contribution in [0.15, 0.2) is 35.1 Å². The first kappa shape index (κ1) is 23.1. The molecule has 2 aliphatic rings. The summed E-state index contributed by atoms with van der Waals surface area (Å²) in [4.78, 5) is 20.1. The number of hydrogen-bond acceptors (Lipinski definition) is 5. The van der Waals surface area contributed by atoms with E-state index in [0.717, 1.165) is 58.6 Å². The van der Waals surface area contributed by atoms with Gasteiger partial charge >= 0.3 is 0 Å². The number of aromatic nitrogens is 3. The largest absolute Gasteiger partial charge is 0.396 e. The number of aliphatic imine (C=N–C) groups is 1. The Morgan fingerprint density at radius 3 is 2.91 bits per heavy atom. The van der Waals surface area contributed by atoms with Gasteiger partial charge in [-0.2, -0.15) is 0 Å². The Balaban J connectivity index is 1.74. The van der Waals surface area contributed by atoms with Gasteiger partial charge in [-0.1, -0.05) is 24.6 Å². The first-order valence-electron chi connectivity index (χ1n) is 11.7. The number of aliphatic hydroxyl groups excluding tert-OH is 1. The molecular weight excluding hydrogens is 453 g/mol. The zero-order valence-electron chi connectivity index (χ0n) is 19.7. The van der Waals surface area contributed by atoms with Gasteiger partial charge < -0.3 is 10.1 Å². The maximum atomic E-state index is 14.6. The van der Waals surface area contributed by atoms with Crippen molar-refractivity contribution in [2.75, 3.05) is 20.2 Å². The number of nitrogens with one attached hydrogen (secondary N) is 1. The van der Waals surface area contributed by atoms with Gasteiger partial charge in [-0.05, 0) is 56.0 Å². The first-order valence-corrected chi connectivity index (χ1v) is 12.1. The van der Waals surface area contributed by atoms with Crippen molar-refractivity contribution in [3.05, 3.63) is 63.3 Å². The molecule has 8 heteroatoms. The van der Waals surface area contributed by atoms with Crippen LogP contribution in [0, 0.1) is 5.82 Å². The molecule has 2 N–H and O–H groups in total. The summed E-state index contributed by atoms with van der Waals surface area (Å²) in [6.45, 7) is 5.55. The Hall–Kier alpha value is -2.61. The highest BCUT2D eigenvalue weighted by Gasteiger charge is 2.27. The van der Waals surface area contributed by atoms with Gasteiger partial charge in [0.05, 0.1) is 23.0 Å². The summed E-state index contributed by atoms with van der Waals surface area (Å²) >= 11 is 6.55. The van der Waals surface area contributed by atoms with Crippen LogP contribution in [0.4, 0.5) is 4.39 Å². The van der Waals surface area contributed by atoms with E-state index in [0.29, 0.717) is 18.6 Å². The van der Waals surface area contributed by atoms with Crippen molar-refractivity contribution in [3.63, 3.8) is 0 Å². The van der Waals surface area contributed by atoms with Gasteiger partial charge in [-0.25, -0.2) is 14.4 Å². The maximum Gasteiger partial charge on any atom is 0.156 e. The lowest BCUT2D eigenvalue weighted by Crippen LogP contribution is -2.24. The fraction of sp³-hybridized carbons (Fsp3) is 0.423. The number of nitrogens with zero attached hydrogens (tertiary/aromatic N) is 4. The van der Waals surface area contributed by atoms with Crippen molar-refractivity contribution < 1.29 is 9.50 Å². The minimum Gasteiger partial charge on any atom is -0.396 e. The van der Waals surface area contributed by atoms with E-state index in [9.17, 15) is 9.50 Å². The summed E-state index contributed by atoms with van der Waals surface area (Å²) in [6, 6.07) is 3.38. The number of H-pyrrole nitrogens is 1. The Morgan fingerprint density at radius 1 is 1.29 bits per heavy atom. The van der Waals surface area contributed by atoms with E-state index in [2.05, 4.69) is 21.9 Å². The van der Waals surface area contributed by atoms with Crippen molar-refractivity contribution in [3.8, 4) is 0 Å². The molecule has 0 saturated heterocycles. The monoisotopic (exact) mass is 481 g/mol. The number of allylic oxidation sites excluding steroid dienone is 1. The molecular formula is C26H29ClFN5O. The smallest absolute Gasteiger partial charge is 0.156 e. The van der Waals surface area contributed by atoms with Crippen LogP contribution in [-0.4, -0.2) is 56.9 Å². The third-order valence-corrected chi connectivity index (χ3v) is 7.41. The molecule has 0 fully saturated rings. The molecule has 0 spiro atoms. The van der Waals surface area contributed by atoms with Gasteiger partial charge in [-0.3, -0.25) is 9.89 Å². The first-order chi connectivity index (χ1) is 16.4. The van der Waals surface area contributed by atoms with Crippen LogP contribution in [0.25, 0.3) is 16.7 Å². The van der Waals surface area contributed by atoms with Crippen LogP contribution in [0.1, 0.15) is 61.4 Å². The summed E-state index contributed by atoms with van der Waals surface area (Å²) in [5, 5.41) is 9.66. The second-order valence-corrected chi connectivity index (χ2v) is 9.80. The zero-order valence-corrected chi connectivity index (χ0v) is 20.5. The van der Waals surface area contributed by atoms with E-state index in [4.69, 9.17) is 21.6 Å². The summed E-state index contributed by atoms with van der Waals surface area (Å²) in [5.74, 6) is -0.584. The van der Waals surface area contributed by atoms with Gasteiger partial charge in [0.15, 0.2) is 5.65 Å². The Bertz CT molecular complexity index is 1310. The zero-order chi connectivity index (χ0) is 24.0. The normalized spacial score (nSPS) is 21.5. The van der Waals surface area contributed by atoms with E-state index in [1.54, 1.807) is 6.20 Å². The van der Waals surface area contributed by atoms with E-state index >= 15 is 0 Å². The summed E-state index contributed by atoms with van der Waals surface area (Å²) in [7, 11) is 2.07. The number of fused-ring (bicyclic) bond motifs is 3. The molecule has 5 rings (SSSR count). The van der Waals surface area contributed by atoms with E-state index < -0.39 is 5.82 Å². The Labute approximate surface area is 203 Å². The third-order valence-electron chi connectivity index (χ3n) is 7.02. The average Bonchev–Trinajstić information content (AvgIpc) is 3.15. The summed E-state index contributed by atoms with van der Waals surface area (Å²) < 4.78 is 14.6. The van der Waals surface area contributed by atoms with Gasteiger partial charge in [0, 0.05) is 48.7 Å². The topological polar surface area (TPSA) is 77.4 Å². The molecule has 2 bridgehead atoms. The minimum absolute atomic E-state index is 0.0838. The van der Waals surface area contributed by atoms with Crippen molar-refractivity contribution in [1.82, 2.24) is 19.9 Å². The van der Waals surface area contributed by atoms with Crippen molar-refractivity contribution in [2.45, 2.75) is 51.6 Å². The molecule has 0 aliphatic carbocycles. The van der Waals surface area contributed by atoms with E-state index in [1.807, 2.05) is 26.1 Å². The molecule has 0 saturated carbocycles. The van der Waals surface area contributed by atoms with Crippen molar-refractivity contribution >= 4 is 34.0 Å². The lowest BCUT2D eigenvalue weighted by molar-refractivity contribution is 0.273. The lowest BCUT2D eigenvalue weighted by Gasteiger charge is -2.25. The van der Waals surface area contributed by atoms with Crippen molar-refractivity contribution in [1.29, 1.82) is 0 Å². The number of halogens is 2. The third kappa shape index (κ3) is 4.06. The SMILES string of the molecule is CC1=NC(CCO)CCC2=C1c1cnc3[nH]cc(c3n1)C(C)c1c(ccc(F)c1Cl)CN(C)C2. The van der Waals surface area contributed by atoms with Gasteiger partial charge in [0.2, 0.25) is 0 Å². The summed E-state index contributed by atoms with van der Waals surface area (Å²) in [6.07, 6.45) is 6.09. The number of rotatable bonds is 2. The fourth-order valence-corrected chi connectivity index (χ4v) is 5.76. The molecule has 4 heterocycles. The van der Waals surface area contributed by atoms with Crippen LogP contribution in [0.2, 0.25) is 5.02 Å². The van der Waals surface area contributed by atoms with Crippen LogP contribution < -0.4 is 0 Å². The summed E-state index contributed by atoms with van der Waals surface area (Å²) in [5.41, 5.74) is 8.19. The average molecular weight is 482 g/mol. The molecule has 3 aromatic rings. The van der Waals surface area contributed by atoms with Gasteiger partial charge in [0.25, 0.3) is 0 Å². The molecule has 0 radical (unpaired) electrons.